The first kappa shape index (κ1) is 31.7. The van der Waals surface area contributed by atoms with Crippen molar-refractivity contribution in [2.24, 2.45) is 50.7 Å². The van der Waals surface area contributed by atoms with E-state index >= 15 is 0 Å². The van der Waals surface area contributed by atoms with Crippen LogP contribution in [0, 0.1) is 50.7 Å². The Kier molecular flexibility index (Phi) is 7.89. The van der Waals surface area contributed by atoms with Gasteiger partial charge in [-0.2, -0.15) is 0 Å². The molecule has 5 fully saturated rings. The van der Waals surface area contributed by atoms with E-state index < -0.39 is 0 Å². The van der Waals surface area contributed by atoms with E-state index in [0.29, 0.717) is 33.3 Å². The number of rotatable bonds is 8. The number of hydrogen-bond donors (Lipinski definition) is 1. The number of phenols is 1. The van der Waals surface area contributed by atoms with E-state index in [0.717, 1.165) is 29.7 Å². The van der Waals surface area contributed by atoms with Gasteiger partial charge >= 0.3 is 5.97 Å². The van der Waals surface area contributed by atoms with Crippen LogP contribution in [-0.2, 0) is 9.53 Å². The summed E-state index contributed by atoms with van der Waals surface area (Å²) in [6.07, 6.45) is 20.1. The third kappa shape index (κ3) is 4.62. The summed E-state index contributed by atoms with van der Waals surface area (Å²) < 4.78 is 11.4. The molecule has 5 aliphatic rings. The van der Waals surface area contributed by atoms with E-state index in [4.69, 9.17) is 9.47 Å². The number of esters is 1. The zero-order valence-electron chi connectivity index (χ0n) is 28.8. The van der Waals surface area contributed by atoms with Gasteiger partial charge in [-0.05, 0) is 154 Å². The summed E-state index contributed by atoms with van der Waals surface area (Å²) in [4.78, 5) is 13.1. The van der Waals surface area contributed by atoms with Gasteiger partial charge in [-0.25, -0.2) is 4.79 Å². The highest BCUT2D eigenvalue weighted by molar-refractivity contribution is 5.87. The Balaban J connectivity index is 1.15. The average Bonchev–Trinajstić information content (AvgIpc) is 3.55. The number of aromatic hydroxyl groups is 1. The van der Waals surface area contributed by atoms with Crippen molar-refractivity contribution in [3.63, 3.8) is 0 Å². The maximum atomic E-state index is 13.1. The van der Waals surface area contributed by atoms with Gasteiger partial charge in [0.05, 0.1) is 7.11 Å². The minimum Gasteiger partial charge on any atom is -0.504 e. The highest BCUT2D eigenvalue weighted by Crippen LogP contribution is 2.89. The predicted molar refractivity (Wildman–Crippen MR) is 178 cm³/mol. The SMILES string of the molecule is COc1cc(/C=C/C(=O)O[C@H]2CC[C@]34C[C@@]35CC[C@]3(C)[C@@H]([C@H](C)CCC=C(C)C)CC[C@]3(C)[C@H]5CC[C@@H]4C2(C)C)ccc1O. The maximum absolute atomic E-state index is 13.1. The third-order valence-corrected chi connectivity index (χ3v) is 14.8. The molecule has 0 heterocycles. The van der Waals surface area contributed by atoms with Crippen LogP contribution in [0.15, 0.2) is 35.9 Å². The number of phenolic OH excluding ortho intramolecular Hbond substituents is 1. The topological polar surface area (TPSA) is 55.8 Å². The molecule has 0 aromatic heterocycles. The van der Waals surface area contributed by atoms with Crippen molar-refractivity contribution in [3.05, 3.63) is 41.5 Å². The molecule has 0 saturated heterocycles. The van der Waals surface area contributed by atoms with Gasteiger partial charge in [0.1, 0.15) is 6.10 Å². The number of benzene rings is 1. The second kappa shape index (κ2) is 10.9. The number of methoxy groups -OCH3 is 1. The highest BCUT2D eigenvalue weighted by Gasteiger charge is 2.82. The van der Waals surface area contributed by atoms with Crippen LogP contribution in [0.2, 0.25) is 0 Å². The van der Waals surface area contributed by atoms with Gasteiger partial charge in [0.15, 0.2) is 11.5 Å². The molecule has 0 amide bonds. The molecule has 2 spiro atoms. The summed E-state index contributed by atoms with van der Waals surface area (Å²) in [6.45, 7) is 17.2. The Morgan fingerprint density at radius 3 is 2.43 bits per heavy atom. The van der Waals surface area contributed by atoms with E-state index in [1.165, 1.54) is 83.0 Å². The minimum absolute atomic E-state index is 0.0305. The van der Waals surface area contributed by atoms with Crippen LogP contribution in [0.5, 0.6) is 11.5 Å². The fourth-order valence-corrected chi connectivity index (χ4v) is 12.5. The van der Waals surface area contributed by atoms with Crippen molar-refractivity contribution in [1.82, 2.24) is 0 Å². The lowest BCUT2D eigenvalue weighted by Crippen LogP contribution is -2.58. The van der Waals surface area contributed by atoms with Crippen LogP contribution in [0.1, 0.15) is 125 Å². The molecule has 0 aliphatic heterocycles. The molecule has 6 rings (SSSR count). The van der Waals surface area contributed by atoms with E-state index in [9.17, 15) is 9.90 Å². The van der Waals surface area contributed by atoms with Crippen LogP contribution in [0.25, 0.3) is 6.08 Å². The summed E-state index contributed by atoms with van der Waals surface area (Å²) in [7, 11) is 1.53. The van der Waals surface area contributed by atoms with Crippen molar-refractivity contribution < 1.29 is 19.4 Å². The standard InChI is InChI=1S/C40H58O4/c1-26(2)10-9-11-27(3)29-18-20-38(7)33-16-15-32-36(4,5)34(19-21-39(32)25-40(33,39)23-22-37(29,38)6)44-35(42)17-13-28-12-14-30(41)31(24-28)43-8/h10,12-14,17,24,27,29,32-34,41H,9,11,15-16,18-23,25H2,1-8H3/b17-13+/t27-,29-,32-,33-,34+,37-,38-,39-,40-/m1/s1. The molecular formula is C40H58O4. The number of fused-ring (bicyclic) bond motifs is 2. The molecule has 5 aliphatic carbocycles. The first-order valence-electron chi connectivity index (χ1n) is 17.6. The minimum atomic E-state index is -0.276. The monoisotopic (exact) mass is 602 g/mol. The number of carbonyl (C=O) groups is 1. The van der Waals surface area contributed by atoms with Crippen LogP contribution in [-0.4, -0.2) is 24.3 Å². The summed E-state index contributed by atoms with van der Waals surface area (Å²) in [5, 5.41) is 9.88. The van der Waals surface area contributed by atoms with Crippen LogP contribution in [0.3, 0.4) is 0 Å². The predicted octanol–water partition coefficient (Wildman–Crippen LogP) is 10.1. The summed E-state index contributed by atoms with van der Waals surface area (Å²) in [6, 6.07) is 5.09. The van der Waals surface area contributed by atoms with Gasteiger partial charge in [0.2, 0.25) is 0 Å². The second-order valence-corrected chi connectivity index (χ2v) is 17.0. The normalized spacial score (nSPS) is 40.6. The Labute approximate surface area is 267 Å². The Bertz CT molecular complexity index is 1340. The Morgan fingerprint density at radius 2 is 1.70 bits per heavy atom. The summed E-state index contributed by atoms with van der Waals surface area (Å²) in [5.41, 5.74) is 4.08. The third-order valence-electron chi connectivity index (χ3n) is 14.8. The molecular weight excluding hydrogens is 544 g/mol. The zero-order chi connectivity index (χ0) is 31.7. The summed E-state index contributed by atoms with van der Waals surface area (Å²) >= 11 is 0. The lowest BCUT2D eigenvalue weighted by molar-refractivity contribution is -0.179. The van der Waals surface area contributed by atoms with Gasteiger partial charge in [0, 0.05) is 11.5 Å². The van der Waals surface area contributed by atoms with Crippen molar-refractivity contribution in [3.8, 4) is 11.5 Å². The lowest BCUT2D eigenvalue weighted by Gasteiger charge is -2.63. The first-order valence-corrected chi connectivity index (χ1v) is 17.6. The lowest BCUT2D eigenvalue weighted by atomic mass is 9.41. The van der Waals surface area contributed by atoms with Crippen LogP contribution < -0.4 is 4.74 Å². The van der Waals surface area contributed by atoms with E-state index in [2.05, 4.69) is 54.5 Å². The van der Waals surface area contributed by atoms with Gasteiger partial charge < -0.3 is 14.6 Å². The number of ether oxygens (including phenoxy) is 2. The molecule has 44 heavy (non-hydrogen) atoms. The number of carbonyl (C=O) groups excluding carboxylic acids is 1. The molecule has 4 heteroatoms. The maximum Gasteiger partial charge on any atom is 0.331 e. The van der Waals surface area contributed by atoms with E-state index in [-0.39, 0.29) is 23.2 Å². The highest BCUT2D eigenvalue weighted by atomic mass is 16.5. The molecule has 0 unspecified atom stereocenters. The van der Waals surface area contributed by atoms with Gasteiger partial charge in [-0.3, -0.25) is 0 Å². The molecule has 242 valence electrons. The van der Waals surface area contributed by atoms with Crippen molar-refractivity contribution in [2.45, 2.75) is 125 Å². The fourth-order valence-electron chi connectivity index (χ4n) is 12.5. The molecule has 1 N–H and O–H groups in total. The smallest absolute Gasteiger partial charge is 0.331 e. The molecule has 4 nitrogen and oxygen atoms in total. The van der Waals surface area contributed by atoms with Gasteiger partial charge in [-0.1, -0.05) is 52.3 Å². The largest absolute Gasteiger partial charge is 0.504 e. The molecule has 1 aromatic rings. The zero-order valence-corrected chi connectivity index (χ0v) is 28.8. The van der Waals surface area contributed by atoms with Crippen LogP contribution >= 0.6 is 0 Å². The number of hydrogen-bond acceptors (Lipinski definition) is 4. The fraction of sp³-hybridized carbons (Fsp3) is 0.725. The van der Waals surface area contributed by atoms with Gasteiger partial charge in [0.25, 0.3) is 0 Å². The molecule has 5 saturated carbocycles. The molecule has 9 atom stereocenters. The molecule has 1 aromatic carbocycles. The van der Waals surface area contributed by atoms with E-state index in [1.54, 1.807) is 24.3 Å². The Hall–Kier alpha value is -2.23. The van der Waals surface area contributed by atoms with Crippen molar-refractivity contribution in [1.29, 1.82) is 0 Å². The second-order valence-electron chi connectivity index (χ2n) is 17.0. The van der Waals surface area contributed by atoms with E-state index in [1.807, 2.05) is 0 Å². The Morgan fingerprint density at radius 1 is 0.977 bits per heavy atom. The molecule has 0 bridgehead atoms. The summed E-state index contributed by atoms with van der Waals surface area (Å²) in [5.74, 6) is 3.33. The van der Waals surface area contributed by atoms with Gasteiger partial charge in [-0.15, -0.1) is 0 Å². The van der Waals surface area contributed by atoms with Crippen molar-refractivity contribution in [2.75, 3.05) is 7.11 Å². The van der Waals surface area contributed by atoms with Crippen LogP contribution in [0.4, 0.5) is 0 Å². The average molecular weight is 603 g/mol. The quantitative estimate of drug-likeness (QED) is 0.183. The first-order chi connectivity index (χ1) is 20.7. The molecule has 0 radical (unpaired) electrons. The van der Waals surface area contributed by atoms with Crippen molar-refractivity contribution >= 4 is 12.0 Å². The number of allylic oxidation sites excluding steroid dienone is 2.